The lowest BCUT2D eigenvalue weighted by Gasteiger charge is -2.31. The van der Waals surface area contributed by atoms with Gasteiger partial charge in [0.05, 0.1) is 0 Å². The Bertz CT molecular complexity index is 773. The van der Waals surface area contributed by atoms with Crippen LogP contribution in [0.5, 0.6) is 0 Å². The molecule has 1 aliphatic heterocycles. The zero-order valence-corrected chi connectivity index (χ0v) is 19.5. The van der Waals surface area contributed by atoms with E-state index in [2.05, 4.69) is 44.6 Å². The summed E-state index contributed by atoms with van der Waals surface area (Å²) in [6.07, 6.45) is 5.00. The van der Waals surface area contributed by atoms with E-state index in [1.807, 2.05) is 18.3 Å². The van der Waals surface area contributed by atoms with Gasteiger partial charge < -0.3 is 15.5 Å². The Hall–Kier alpha value is -1.90. The number of benzene rings is 1. The summed E-state index contributed by atoms with van der Waals surface area (Å²) in [6.45, 7) is 5.75. The Morgan fingerprint density at radius 3 is 2.59 bits per heavy atom. The largest absolute Gasteiger partial charge is 0.357 e. The molecule has 2 aromatic rings. The second-order valence-electron chi connectivity index (χ2n) is 7.39. The number of hydrogen-bond donors (Lipinski definition) is 2. The molecule has 0 saturated carbocycles. The summed E-state index contributed by atoms with van der Waals surface area (Å²) in [7, 11) is 1.73. The Labute approximate surface area is 190 Å². The van der Waals surface area contributed by atoms with Gasteiger partial charge in [-0.15, -0.1) is 24.0 Å². The molecule has 0 bridgehead atoms. The van der Waals surface area contributed by atoms with Gasteiger partial charge in [0.2, 0.25) is 0 Å². The van der Waals surface area contributed by atoms with Crippen LogP contribution < -0.4 is 15.5 Å². The molecule has 29 heavy (non-hydrogen) atoms. The van der Waals surface area contributed by atoms with Crippen molar-refractivity contribution in [2.45, 2.75) is 32.7 Å². The van der Waals surface area contributed by atoms with Crippen molar-refractivity contribution in [3.8, 4) is 0 Å². The number of halogens is 2. The molecule has 7 heteroatoms. The van der Waals surface area contributed by atoms with E-state index in [0.29, 0.717) is 31.0 Å². The number of hydrogen-bond acceptors (Lipinski definition) is 3. The van der Waals surface area contributed by atoms with Crippen LogP contribution in [0.25, 0.3) is 0 Å². The van der Waals surface area contributed by atoms with Gasteiger partial charge in [-0.1, -0.05) is 31.2 Å². The van der Waals surface area contributed by atoms with Crippen LogP contribution in [-0.4, -0.2) is 37.6 Å². The molecule has 0 radical (unpaired) electrons. The average Bonchev–Trinajstić information content (AvgIpc) is 2.73. The summed E-state index contributed by atoms with van der Waals surface area (Å²) >= 11 is 0. The van der Waals surface area contributed by atoms with E-state index >= 15 is 0 Å². The smallest absolute Gasteiger partial charge is 0.191 e. The van der Waals surface area contributed by atoms with E-state index in [-0.39, 0.29) is 29.8 Å². The summed E-state index contributed by atoms with van der Waals surface area (Å²) in [6, 6.07) is 11.1. The summed E-state index contributed by atoms with van der Waals surface area (Å²) < 4.78 is 13.7. The highest BCUT2D eigenvalue weighted by Gasteiger charge is 2.16. The zero-order valence-electron chi connectivity index (χ0n) is 17.2. The lowest BCUT2D eigenvalue weighted by atomic mass is 9.99. The Balaban J connectivity index is 0.00000300. The molecule has 1 saturated heterocycles. The van der Waals surface area contributed by atoms with Gasteiger partial charge in [-0.3, -0.25) is 4.99 Å². The van der Waals surface area contributed by atoms with Crippen LogP contribution in [0.2, 0.25) is 0 Å². The molecule has 2 heterocycles. The van der Waals surface area contributed by atoms with Crippen LogP contribution >= 0.6 is 24.0 Å². The molecule has 1 aliphatic rings. The summed E-state index contributed by atoms with van der Waals surface area (Å²) in [4.78, 5) is 11.2. The maximum absolute atomic E-state index is 13.7. The van der Waals surface area contributed by atoms with Gasteiger partial charge in [-0.2, -0.15) is 0 Å². The van der Waals surface area contributed by atoms with Crippen molar-refractivity contribution >= 4 is 35.8 Å². The summed E-state index contributed by atoms with van der Waals surface area (Å²) in [5.41, 5.74) is 1.81. The SMILES string of the molecule is CN=C(NCCc1ccccc1F)NCc1ccc(N2CCC(C)CC2)nc1.I. The van der Waals surface area contributed by atoms with Crippen LogP contribution in [0.15, 0.2) is 47.6 Å². The number of nitrogens with one attached hydrogen (secondary N) is 2. The Kier molecular flexibility index (Phi) is 9.63. The normalized spacial score (nSPS) is 15.0. The van der Waals surface area contributed by atoms with Crippen LogP contribution in [0, 0.1) is 11.7 Å². The van der Waals surface area contributed by atoms with Crippen LogP contribution in [0.1, 0.15) is 30.9 Å². The topological polar surface area (TPSA) is 52.6 Å². The Morgan fingerprint density at radius 2 is 1.93 bits per heavy atom. The van der Waals surface area contributed by atoms with E-state index in [4.69, 9.17) is 0 Å². The monoisotopic (exact) mass is 511 g/mol. The van der Waals surface area contributed by atoms with Gasteiger partial charge in [0.1, 0.15) is 11.6 Å². The first-order chi connectivity index (χ1) is 13.7. The van der Waals surface area contributed by atoms with Crippen molar-refractivity contribution in [1.82, 2.24) is 15.6 Å². The van der Waals surface area contributed by atoms with Gasteiger partial charge in [0, 0.05) is 39.4 Å². The summed E-state index contributed by atoms with van der Waals surface area (Å²) in [5, 5.41) is 6.51. The molecule has 5 nitrogen and oxygen atoms in total. The number of anilines is 1. The highest BCUT2D eigenvalue weighted by atomic mass is 127. The van der Waals surface area contributed by atoms with Crippen molar-refractivity contribution in [3.05, 3.63) is 59.5 Å². The van der Waals surface area contributed by atoms with Crippen LogP contribution in [0.4, 0.5) is 10.2 Å². The number of piperidine rings is 1. The molecule has 158 valence electrons. The highest BCUT2D eigenvalue weighted by Crippen LogP contribution is 2.21. The molecule has 2 N–H and O–H groups in total. The third-order valence-corrected chi connectivity index (χ3v) is 5.24. The fourth-order valence-electron chi connectivity index (χ4n) is 3.37. The molecule has 1 aromatic heterocycles. The van der Waals surface area contributed by atoms with Gasteiger partial charge in [-0.05, 0) is 48.4 Å². The first kappa shape index (κ1) is 23.4. The van der Waals surface area contributed by atoms with E-state index < -0.39 is 0 Å². The average molecular weight is 511 g/mol. The lowest BCUT2D eigenvalue weighted by molar-refractivity contribution is 0.436. The standard InChI is InChI=1S/C22H30FN5.HI/c1-17-10-13-28(14-11-17)21-8-7-18(15-26-21)16-27-22(24-2)25-12-9-19-5-3-4-6-20(19)23;/h3-8,15,17H,9-14,16H2,1-2H3,(H2,24,25,27);1H. The van der Waals surface area contributed by atoms with Gasteiger partial charge >= 0.3 is 0 Å². The Morgan fingerprint density at radius 1 is 1.17 bits per heavy atom. The van der Waals surface area contributed by atoms with Crippen molar-refractivity contribution in [1.29, 1.82) is 0 Å². The molecule has 1 fully saturated rings. The molecular weight excluding hydrogens is 480 g/mol. The predicted molar refractivity (Wildman–Crippen MR) is 129 cm³/mol. The highest BCUT2D eigenvalue weighted by molar-refractivity contribution is 14.0. The molecule has 0 unspecified atom stereocenters. The van der Waals surface area contributed by atoms with Gasteiger partial charge in [0.25, 0.3) is 0 Å². The van der Waals surface area contributed by atoms with Crippen molar-refractivity contribution in [2.24, 2.45) is 10.9 Å². The summed E-state index contributed by atoms with van der Waals surface area (Å²) in [5.74, 6) is 2.41. The number of guanidine groups is 1. The number of aliphatic imine (C=N–C) groups is 1. The number of nitrogens with zero attached hydrogens (tertiary/aromatic N) is 3. The molecular formula is C22H31FIN5. The maximum atomic E-state index is 13.7. The molecule has 0 aliphatic carbocycles. The first-order valence-corrected chi connectivity index (χ1v) is 10.0. The second kappa shape index (κ2) is 11.9. The minimum atomic E-state index is -0.165. The first-order valence-electron chi connectivity index (χ1n) is 10.0. The minimum Gasteiger partial charge on any atom is -0.357 e. The molecule has 3 rings (SSSR count). The van der Waals surface area contributed by atoms with E-state index in [0.717, 1.165) is 30.4 Å². The van der Waals surface area contributed by atoms with E-state index in [9.17, 15) is 4.39 Å². The van der Waals surface area contributed by atoms with Crippen molar-refractivity contribution < 1.29 is 4.39 Å². The second-order valence-corrected chi connectivity index (χ2v) is 7.39. The molecule has 0 amide bonds. The van der Waals surface area contributed by atoms with Gasteiger partial charge in [0.15, 0.2) is 5.96 Å². The molecule has 0 spiro atoms. The fraction of sp³-hybridized carbons (Fsp3) is 0.455. The van der Waals surface area contributed by atoms with Crippen molar-refractivity contribution in [3.63, 3.8) is 0 Å². The predicted octanol–water partition coefficient (Wildman–Crippen LogP) is 3.98. The minimum absolute atomic E-state index is 0. The third kappa shape index (κ3) is 7.13. The quantitative estimate of drug-likeness (QED) is 0.350. The number of aromatic nitrogens is 1. The molecule has 1 aromatic carbocycles. The van der Waals surface area contributed by atoms with Crippen LogP contribution in [-0.2, 0) is 13.0 Å². The van der Waals surface area contributed by atoms with E-state index in [1.165, 1.54) is 18.9 Å². The van der Waals surface area contributed by atoms with Gasteiger partial charge in [-0.25, -0.2) is 9.37 Å². The number of pyridine rings is 1. The third-order valence-electron chi connectivity index (χ3n) is 5.24. The molecule has 0 atom stereocenters. The number of rotatable bonds is 6. The van der Waals surface area contributed by atoms with Crippen LogP contribution in [0.3, 0.4) is 0 Å². The van der Waals surface area contributed by atoms with Crippen molar-refractivity contribution in [2.75, 3.05) is 31.6 Å². The van der Waals surface area contributed by atoms with E-state index in [1.54, 1.807) is 13.1 Å². The maximum Gasteiger partial charge on any atom is 0.191 e. The zero-order chi connectivity index (χ0) is 19.8. The lowest BCUT2D eigenvalue weighted by Crippen LogP contribution is -2.38. The fourth-order valence-corrected chi connectivity index (χ4v) is 3.37.